The number of para-hydroxylation sites is 1. The summed E-state index contributed by atoms with van der Waals surface area (Å²) >= 11 is 0. The molecule has 2 heterocycles. The van der Waals surface area contributed by atoms with Crippen molar-refractivity contribution in [3.63, 3.8) is 0 Å². The van der Waals surface area contributed by atoms with Crippen LogP contribution in [0.5, 0.6) is 5.75 Å². The lowest BCUT2D eigenvalue weighted by Gasteiger charge is -2.11. The van der Waals surface area contributed by atoms with Crippen molar-refractivity contribution >= 4 is 21.7 Å². The molecular weight excluding hydrogens is 405 g/mol. The summed E-state index contributed by atoms with van der Waals surface area (Å²) in [6.07, 6.45) is 2.24. The van der Waals surface area contributed by atoms with Gasteiger partial charge < -0.3 is 4.74 Å². The molecule has 32 heavy (non-hydrogen) atoms. The minimum absolute atomic E-state index is 0.220. The Morgan fingerprint density at radius 1 is 0.969 bits per heavy atom. The minimum atomic E-state index is -0.423. The first-order chi connectivity index (χ1) is 15.6. The monoisotopic (exact) mass is 425 g/mol. The van der Waals surface area contributed by atoms with Crippen LogP contribution in [0.1, 0.15) is 5.69 Å². The predicted octanol–water partition coefficient (Wildman–Crippen LogP) is 5.00. The summed E-state index contributed by atoms with van der Waals surface area (Å²) in [5, 5.41) is 6.63. The van der Waals surface area contributed by atoms with Gasteiger partial charge in [-0.2, -0.15) is 5.10 Å². The highest BCUT2D eigenvalue weighted by molar-refractivity contribution is 5.95. The average molecular weight is 425 g/mol. The SMILES string of the molecule is COc1cc(F)cc(-c2cccc3cnn(CCc4ccc5ccccc5n4)c(=O)c23)c1. The lowest BCUT2D eigenvalue weighted by molar-refractivity contribution is 0.411. The maximum atomic E-state index is 14.1. The zero-order valence-corrected chi connectivity index (χ0v) is 17.5. The molecule has 0 saturated heterocycles. The number of methoxy groups -OCH3 is 1. The highest BCUT2D eigenvalue weighted by Gasteiger charge is 2.13. The summed E-state index contributed by atoms with van der Waals surface area (Å²) in [4.78, 5) is 18.0. The summed E-state index contributed by atoms with van der Waals surface area (Å²) in [6, 6.07) is 21.8. The zero-order chi connectivity index (χ0) is 22.1. The van der Waals surface area contributed by atoms with Crippen molar-refractivity contribution in [2.75, 3.05) is 7.11 Å². The van der Waals surface area contributed by atoms with Crippen LogP contribution in [0.25, 0.3) is 32.8 Å². The molecule has 3 aromatic carbocycles. The summed E-state index contributed by atoms with van der Waals surface area (Å²) in [5.74, 6) is -0.0260. The quantitative estimate of drug-likeness (QED) is 0.398. The molecule has 0 aliphatic heterocycles. The van der Waals surface area contributed by atoms with Gasteiger partial charge in [0.15, 0.2) is 0 Å². The largest absolute Gasteiger partial charge is 0.497 e. The van der Waals surface area contributed by atoms with Crippen molar-refractivity contribution in [3.05, 3.63) is 101 Å². The van der Waals surface area contributed by atoms with Crippen molar-refractivity contribution in [3.8, 4) is 16.9 Å². The average Bonchev–Trinajstić information content (AvgIpc) is 2.82. The Morgan fingerprint density at radius 3 is 2.69 bits per heavy atom. The van der Waals surface area contributed by atoms with E-state index in [1.165, 1.54) is 23.9 Å². The second kappa shape index (κ2) is 8.23. The Bertz CT molecular complexity index is 1510. The minimum Gasteiger partial charge on any atom is -0.497 e. The van der Waals surface area contributed by atoms with E-state index in [1.54, 1.807) is 12.3 Å². The first-order valence-electron chi connectivity index (χ1n) is 10.3. The van der Waals surface area contributed by atoms with Crippen LogP contribution < -0.4 is 10.3 Å². The Hall–Kier alpha value is -4.06. The number of hydrogen-bond acceptors (Lipinski definition) is 4. The molecule has 0 unspecified atom stereocenters. The van der Waals surface area contributed by atoms with Gasteiger partial charge >= 0.3 is 0 Å². The Balaban J connectivity index is 1.53. The first-order valence-corrected chi connectivity index (χ1v) is 10.3. The normalized spacial score (nSPS) is 11.2. The van der Waals surface area contributed by atoms with Gasteiger partial charge in [-0.15, -0.1) is 0 Å². The molecule has 6 heteroatoms. The van der Waals surface area contributed by atoms with Crippen molar-refractivity contribution in [1.82, 2.24) is 14.8 Å². The van der Waals surface area contributed by atoms with Crippen LogP contribution in [0.4, 0.5) is 4.39 Å². The van der Waals surface area contributed by atoms with E-state index in [0.717, 1.165) is 16.6 Å². The van der Waals surface area contributed by atoms with Gasteiger partial charge in [-0.1, -0.05) is 42.5 Å². The van der Waals surface area contributed by atoms with E-state index in [1.807, 2.05) is 54.6 Å². The fraction of sp³-hybridized carbons (Fsp3) is 0.115. The lowest BCUT2D eigenvalue weighted by Crippen LogP contribution is -2.24. The number of benzene rings is 3. The highest BCUT2D eigenvalue weighted by Crippen LogP contribution is 2.29. The molecule has 0 N–H and O–H groups in total. The molecule has 158 valence electrons. The molecule has 0 radical (unpaired) electrons. The zero-order valence-electron chi connectivity index (χ0n) is 17.5. The summed E-state index contributed by atoms with van der Waals surface area (Å²) < 4.78 is 20.8. The van der Waals surface area contributed by atoms with Gasteiger partial charge in [-0.05, 0) is 35.4 Å². The van der Waals surface area contributed by atoms with E-state index in [4.69, 9.17) is 4.74 Å². The number of nitrogens with zero attached hydrogens (tertiary/aromatic N) is 3. The number of fused-ring (bicyclic) bond motifs is 2. The third-order valence-electron chi connectivity index (χ3n) is 5.54. The second-order valence-corrected chi connectivity index (χ2v) is 7.57. The molecule has 0 atom stereocenters. The number of pyridine rings is 1. The van der Waals surface area contributed by atoms with E-state index in [9.17, 15) is 9.18 Å². The maximum Gasteiger partial charge on any atom is 0.275 e. The van der Waals surface area contributed by atoms with E-state index in [0.29, 0.717) is 40.6 Å². The number of rotatable bonds is 5. The molecule has 0 fully saturated rings. The standard InChI is InChI=1S/C26H20FN3O2/c1-32-22-14-19(13-20(27)15-22)23-7-4-6-18-16-28-30(26(31)25(18)23)12-11-21-10-9-17-5-2-3-8-24(17)29-21/h2-10,13-16H,11-12H2,1H3. The number of aromatic nitrogens is 3. The summed E-state index contributed by atoms with van der Waals surface area (Å²) in [6.45, 7) is 0.390. The van der Waals surface area contributed by atoms with Gasteiger partial charge in [0.1, 0.15) is 11.6 Å². The lowest BCUT2D eigenvalue weighted by atomic mass is 9.99. The molecule has 0 saturated carbocycles. The van der Waals surface area contributed by atoms with E-state index >= 15 is 0 Å². The van der Waals surface area contributed by atoms with Gasteiger partial charge in [0, 0.05) is 29.0 Å². The molecule has 0 bridgehead atoms. The molecule has 5 rings (SSSR count). The Morgan fingerprint density at radius 2 is 1.81 bits per heavy atom. The van der Waals surface area contributed by atoms with Crippen LogP contribution in [0.3, 0.4) is 0 Å². The van der Waals surface area contributed by atoms with Gasteiger partial charge in [-0.3, -0.25) is 9.78 Å². The van der Waals surface area contributed by atoms with Crippen LogP contribution in [0, 0.1) is 5.82 Å². The van der Waals surface area contributed by atoms with Gasteiger partial charge in [0.2, 0.25) is 0 Å². The van der Waals surface area contributed by atoms with Crippen LogP contribution in [0.15, 0.2) is 83.8 Å². The van der Waals surface area contributed by atoms with Gasteiger partial charge in [0.25, 0.3) is 5.56 Å². The van der Waals surface area contributed by atoms with Crippen LogP contribution in [0.2, 0.25) is 0 Å². The number of aryl methyl sites for hydroxylation is 2. The third-order valence-corrected chi connectivity index (χ3v) is 5.54. The number of halogens is 1. The van der Waals surface area contributed by atoms with Crippen molar-refractivity contribution in [2.24, 2.45) is 0 Å². The molecule has 5 nitrogen and oxygen atoms in total. The highest BCUT2D eigenvalue weighted by atomic mass is 19.1. The van der Waals surface area contributed by atoms with Crippen molar-refractivity contribution in [2.45, 2.75) is 13.0 Å². The van der Waals surface area contributed by atoms with Gasteiger partial charge in [0.05, 0.1) is 30.8 Å². The van der Waals surface area contributed by atoms with Crippen LogP contribution in [-0.4, -0.2) is 21.9 Å². The molecule has 0 spiro atoms. The predicted molar refractivity (Wildman–Crippen MR) is 123 cm³/mol. The summed E-state index contributed by atoms with van der Waals surface area (Å²) in [5.41, 5.74) is 2.82. The molecule has 0 aliphatic rings. The van der Waals surface area contributed by atoms with Crippen LogP contribution in [-0.2, 0) is 13.0 Å². The third kappa shape index (κ3) is 3.71. The molecule has 2 aromatic heterocycles. The van der Waals surface area contributed by atoms with E-state index < -0.39 is 5.82 Å². The fourth-order valence-electron chi connectivity index (χ4n) is 3.93. The van der Waals surface area contributed by atoms with Gasteiger partial charge in [-0.25, -0.2) is 9.07 Å². The summed E-state index contributed by atoms with van der Waals surface area (Å²) in [7, 11) is 1.49. The Labute approximate surface area is 183 Å². The maximum absolute atomic E-state index is 14.1. The fourth-order valence-corrected chi connectivity index (χ4v) is 3.93. The first kappa shape index (κ1) is 19.9. The second-order valence-electron chi connectivity index (χ2n) is 7.57. The van der Waals surface area contributed by atoms with Crippen LogP contribution >= 0.6 is 0 Å². The van der Waals surface area contributed by atoms with Crippen molar-refractivity contribution < 1.29 is 9.13 Å². The molecule has 0 aliphatic carbocycles. The number of hydrogen-bond donors (Lipinski definition) is 0. The van der Waals surface area contributed by atoms with E-state index in [-0.39, 0.29) is 5.56 Å². The molecule has 0 amide bonds. The van der Waals surface area contributed by atoms with Crippen molar-refractivity contribution in [1.29, 1.82) is 0 Å². The topological polar surface area (TPSA) is 57.0 Å². The van der Waals surface area contributed by atoms with E-state index in [2.05, 4.69) is 10.1 Å². The smallest absolute Gasteiger partial charge is 0.275 e. The molecular formula is C26H20FN3O2. The number of ether oxygens (including phenoxy) is 1. The Kier molecular flexibility index (Phi) is 5.11. The molecule has 5 aromatic rings.